The molecule has 4 rings (SSSR count). The molecule has 0 spiro atoms. The van der Waals surface area contributed by atoms with Crippen LogP contribution in [0.5, 0.6) is 0 Å². The monoisotopic (exact) mass is 326 g/mol. The van der Waals surface area contributed by atoms with E-state index in [1.54, 1.807) is 0 Å². The third-order valence-corrected chi connectivity index (χ3v) is 4.89. The van der Waals surface area contributed by atoms with Crippen LogP contribution in [0, 0.1) is 5.92 Å². The molecule has 5 heteroatoms. The Morgan fingerprint density at radius 3 is 2.50 bits per heavy atom. The molecule has 1 N–H and O–H groups in total. The first-order valence-corrected chi connectivity index (χ1v) is 8.58. The summed E-state index contributed by atoms with van der Waals surface area (Å²) in [5.74, 6) is 0.397. The molecule has 0 aliphatic carbocycles. The highest BCUT2D eigenvalue weighted by Gasteiger charge is 2.31. The van der Waals surface area contributed by atoms with E-state index in [0.29, 0.717) is 19.1 Å². The summed E-state index contributed by atoms with van der Waals surface area (Å²) in [6.45, 7) is 2.86. The fraction of sp³-hybridized carbons (Fsp3) is 0.421. The van der Waals surface area contributed by atoms with Gasteiger partial charge in [0.15, 0.2) is 6.29 Å². The summed E-state index contributed by atoms with van der Waals surface area (Å²) in [5.41, 5.74) is 0.864. The molecule has 2 amide bonds. The number of likely N-dealkylation sites (tertiary alicyclic amines) is 1. The average molecular weight is 326 g/mol. The van der Waals surface area contributed by atoms with Crippen molar-refractivity contribution in [3.8, 4) is 0 Å². The predicted molar refractivity (Wildman–Crippen MR) is 93.0 cm³/mol. The van der Waals surface area contributed by atoms with Crippen LogP contribution < -0.4 is 5.32 Å². The quantitative estimate of drug-likeness (QED) is 0.919. The second kappa shape index (κ2) is 6.79. The summed E-state index contributed by atoms with van der Waals surface area (Å²) in [7, 11) is 0. The highest BCUT2D eigenvalue weighted by atomic mass is 16.7. The lowest BCUT2D eigenvalue weighted by atomic mass is 9.96. The van der Waals surface area contributed by atoms with Crippen LogP contribution in [0.3, 0.4) is 0 Å². The number of fused-ring (bicyclic) bond motifs is 1. The molecule has 2 aliphatic rings. The molecule has 0 saturated carbocycles. The van der Waals surface area contributed by atoms with E-state index in [9.17, 15) is 4.79 Å². The van der Waals surface area contributed by atoms with E-state index in [1.165, 1.54) is 0 Å². The maximum Gasteiger partial charge on any atom is 0.321 e. The molecule has 24 heavy (non-hydrogen) atoms. The van der Waals surface area contributed by atoms with Gasteiger partial charge in [-0.15, -0.1) is 0 Å². The van der Waals surface area contributed by atoms with E-state index in [0.717, 1.165) is 42.4 Å². The number of ether oxygens (including phenoxy) is 2. The molecule has 126 valence electrons. The molecule has 0 radical (unpaired) electrons. The van der Waals surface area contributed by atoms with Crippen LogP contribution in [0.4, 0.5) is 10.5 Å². The Bertz CT molecular complexity index is 714. The van der Waals surface area contributed by atoms with Crippen LogP contribution in [-0.4, -0.2) is 43.5 Å². The Morgan fingerprint density at radius 1 is 1.00 bits per heavy atom. The number of anilines is 1. The fourth-order valence-corrected chi connectivity index (χ4v) is 3.55. The third kappa shape index (κ3) is 3.09. The van der Waals surface area contributed by atoms with E-state index in [4.69, 9.17) is 9.47 Å². The minimum absolute atomic E-state index is 0.0296. The van der Waals surface area contributed by atoms with Gasteiger partial charge in [-0.3, -0.25) is 0 Å². The summed E-state index contributed by atoms with van der Waals surface area (Å²) in [5, 5.41) is 5.26. The van der Waals surface area contributed by atoms with Crippen LogP contribution in [0.2, 0.25) is 0 Å². The fourth-order valence-electron chi connectivity index (χ4n) is 3.55. The molecular formula is C19H22N2O3. The van der Waals surface area contributed by atoms with Crippen LogP contribution in [0.25, 0.3) is 10.8 Å². The molecule has 5 nitrogen and oxygen atoms in total. The normalized spacial score (nSPS) is 19.8. The molecule has 0 unspecified atom stereocenters. The largest absolute Gasteiger partial charge is 0.350 e. The van der Waals surface area contributed by atoms with Crippen molar-refractivity contribution in [3.05, 3.63) is 42.5 Å². The van der Waals surface area contributed by atoms with Crippen molar-refractivity contribution < 1.29 is 14.3 Å². The first kappa shape index (κ1) is 15.4. The minimum atomic E-state index is -0.0757. The summed E-state index contributed by atoms with van der Waals surface area (Å²) >= 11 is 0. The maximum absolute atomic E-state index is 12.6. The number of piperidine rings is 1. The SMILES string of the molecule is O=C(Nc1cccc2ccccc12)N1CCC(C2OCCO2)CC1. The Kier molecular flexibility index (Phi) is 4.36. The zero-order chi connectivity index (χ0) is 16.4. The standard InChI is InChI=1S/C19H22N2O3/c22-19(20-17-7-3-5-14-4-1-2-6-16(14)17)21-10-8-15(9-11-21)18-23-12-13-24-18/h1-7,15,18H,8-13H2,(H,20,22). The van der Waals surface area contributed by atoms with Crippen LogP contribution >= 0.6 is 0 Å². The molecule has 2 aliphatic heterocycles. The van der Waals surface area contributed by atoms with E-state index < -0.39 is 0 Å². The highest BCUT2D eigenvalue weighted by molar-refractivity contribution is 6.01. The van der Waals surface area contributed by atoms with E-state index in [2.05, 4.69) is 17.4 Å². The molecular weight excluding hydrogens is 304 g/mol. The Labute approximate surface area is 141 Å². The van der Waals surface area contributed by atoms with Gasteiger partial charge in [-0.2, -0.15) is 0 Å². The zero-order valence-corrected chi connectivity index (χ0v) is 13.6. The van der Waals surface area contributed by atoms with Crippen LogP contribution in [0.1, 0.15) is 12.8 Å². The van der Waals surface area contributed by atoms with Crippen molar-refractivity contribution in [3.63, 3.8) is 0 Å². The van der Waals surface area contributed by atoms with Gasteiger partial charge >= 0.3 is 6.03 Å². The first-order chi connectivity index (χ1) is 11.8. The zero-order valence-electron chi connectivity index (χ0n) is 13.6. The third-order valence-electron chi connectivity index (χ3n) is 4.89. The molecule has 2 saturated heterocycles. The van der Waals surface area contributed by atoms with Gasteiger partial charge in [-0.05, 0) is 24.3 Å². The lowest BCUT2D eigenvalue weighted by Gasteiger charge is -2.33. The number of nitrogens with one attached hydrogen (secondary N) is 1. The maximum atomic E-state index is 12.6. The summed E-state index contributed by atoms with van der Waals surface area (Å²) in [6.07, 6.45) is 1.77. The topological polar surface area (TPSA) is 50.8 Å². The average Bonchev–Trinajstić information content (AvgIpc) is 3.17. The number of nitrogens with zero attached hydrogens (tertiary/aromatic N) is 1. The van der Waals surface area contributed by atoms with Gasteiger partial charge in [0.05, 0.1) is 18.9 Å². The lowest BCUT2D eigenvalue weighted by Crippen LogP contribution is -2.43. The van der Waals surface area contributed by atoms with Gasteiger partial charge in [0.25, 0.3) is 0 Å². The van der Waals surface area contributed by atoms with E-state index >= 15 is 0 Å². The van der Waals surface area contributed by atoms with Crippen molar-refractivity contribution in [2.75, 3.05) is 31.6 Å². The number of benzene rings is 2. The van der Waals surface area contributed by atoms with Gasteiger partial charge in [-0.1, -0.05) is 36.4 Å². The number of rotatable bonds is 2. The number of hydrogen-bond donors (Lipinski definition) is 1. The molecule has 0 bridgehead atoms. The Morgan fingerprint density at radius 2 is 1.71 bits per heavy atom. The Hall–Kier alpha value is -2.11. The lowest BCUT2D eigenvalue weighted by molar-refractivity contribution is -0.0950. The van der Waals surface area contributed by atoms with Crippen molar-refractivity contribution in [2.45, 2.75) is 19.1 Å². The summed E-state index contributed by atoms with van der Waals surface area (Å²) < 4.78 is 11.2. The number of carbonyl (C=O) groups excluding carboxylic acids is 1. The second-order valence-corrected chi connectivity index (χ2v) is 6.39. The van der Waals surface area contributed by atoms with Crippen molar-refractivity contribution >= 4 is 22.5 Å². The number of urea groups is 1. The van der Waals surface area contributed by atoms with Gasteiger partial charge in [0.2, 0.25) is 0 Å². The molecule has 2 heterocycles. The summed E-state index contributed by atoms with van der Waals surface area (Å²) in [4.78, 5) is 14.5. The van der Waals surface area contributed by atoms with Gasteiger partial charge in [0.1, 0.15) is 0 Å². The van der Waals surface area contributed by atoms with Crippen molar-refractivity contribution in [1.82, 2.24) is 4.90 Å². The van der Waals surface area contributed by atoms with Gasteiger partial charge < -0.3 is 19.7 Å². The van der Waals surface area contributed by atoms with Gasteiger partial charge in [0, 0.05) is 24.4 Å². The number of amides is 2. The second-order valence-electron chi connectivity index (χ2n) is 6.39. The van der Waals surface area contributed by atoms with Crippen LogP contribution in [0.15, 0.2) is 42.5 Å². The van der Waals surface area contributed by atoms with E-state index in [1.807, 2.05) is 35.2 Å². The molecule has 2 fully saturated rings. The van der Waals surface area contributed by atoms with Crippen molar-refractivity contribution in [1.29, 1.82) is 0 Å². The number of hydrogen-bond acceptors (Lipinski definition) is 3. The van der Waals surface area contributed by atoms with Crippen LogP contribution in [-0.2, 0) is 9.47 Å². The molecule has 2 aromatic rings. The number of carbonyl (C=O) groups is 1. The van der Waals surface area contributed by atoms with Crippen molar-refractivity contribution in [2.24, 2.45) is 5.92 Å². The smallest absolute Gasteiger partial charge is 0.321 e. The molecule has 0 aromatic heterocycles. The summed E-state index contributed by atoms with van der Waals surface area (Å²) in [6, 6.07) is 14.0. The first-order valence-electron chi connectivity index (χ1n) is 8.58. The molecule has 0 atom stereocenters. The predicted octanol–water partition coefficient (Wildman–Crippen LogP) is 3.46. The highest BCUT2D eigenvalue weighted by Crippen LogP contribution is 2.27. The van der Waals surface area contributed by atoms with Gasteiger partial charge in [-0.25, -0.2) is 4.79 Å². The minimum Gasteiger partial charge on any atom is -0.350 e. The van der Waals surface area contributed by atoms with E-state index in [-0.39, 0.29) is 12.3 Å². The molecule has 2 aromatic carbocycles. The Balaban J connectivity index is 1.39.